The summed E-state index contributed by atoms with van der Waals surface area (Å²) in [5, 5.41) is 12.9. The molecule has 0 bridgehead atoms. The van der Waals surface area contributed by atoms with Crippen LogP contribution in [0.2, 0.25) is 0 Å². The van der Waals surface area contributed by atoms with Gasteiger partial charge in [0.15, 0.2) is 0 Å². The second-order valence-electron chi connectivity index (χ2n) is 9.80. The Morgan fingerprint density at radius 3 is 2.82 bits per heavy atom. The van der Waals surface area contributed by atoms with Gasteiger partial charge in [-0.05, 0) is 62.2 Å². The van der Waals surface area contributed by atoms with Crippen LogP contribution in [-0.2, 0) is 24.2 Å². The number of pyridine rings is 2. The number of anilines is 2. The van der Waals surface area contributed by atoms with Gasteiger partial charge in [0.1, 0.15) is 17.7 Å². The van der Waals surface area contributed by atoms with Crippen LogP contribution in [0.3, 0.4) is 0 Å². The fraction of sp³-hybridized carbons (Fsp3) is 0.519. The van der Waals surface area contributed by atoms with E-state index in [1.165, 1.54) is 6.20 Å². The van der Waals surface area contributed by atoms with Gasteiger partial charge in [-0.2, -0.15) is 22.0 Å². The number of nitrogens with one attached hydrogen (secondary N) is 1. The van der Waals surface area contributed by atoms with E-state index in [1.807, 2.05) is 22.9 Å². The molecular formula is C27H35N7O3S. The van der Waals surface area contributed by atoms with Crippen molar-refractivity contribution >= 4 is 35.3 Å². The van der Waals surface area contributed by atoms with Crippen LogP contribution < -0.4 is 15.0 Å². The van der Waals surface area contributed by atoms with Crippen molar-refractivity contribution in [3.63, 3.8) is 0 Å². The maximum atomic E-state index is 13.4. The number of hydrogen-bond acceptors (Lipinski definition) is 8. The summed E-state index contributed by atoms with van der Waals surface area (Å²) in [6.45, 7) is 4.97. The molecule has 4 heterocycles. The first-order chi connectivity index (χ1) is 18.3. The van der Waals surface area contributed by atoms with Gasteiger partial charge in [-0.25, -0.2) is 9.78 Å². The largest absolute Gasteiger partial charge is 0.481 e. The van der Waals surface area contributed by atoms with Crippen molar-refractivity contribution in [3.8, 4) is 11.9 Å². The predicted molar refractivity (Wildman–Crippen MR) is 149 cm³/mol. The van der Waals surface area contributed by atoms with Gasteiger partial charge >= 0.3 is 6.03 Å². The van der Waals surface area contributed by atoms with E-state index in [1.54, 1.807) is 29.8 Å². The number of ether oxygens (including phenoxy) is 1. The van der Waals surface area contributed by atoms with E-state index in [9.17, 15) is 14.9 Å². The third-order valence-electron chi connectivity index (χ3n) is 7.08. The number of methoxy groups -OCH3 is 1. The monoisotopic (exact) mass is 537 g/mol. The summed E-state index contributed by atoms with van der Waals surface area (Å²) >= 11 is 1.78. The minimum atomic E-state index is -0.330. The second kappa shape index (κ2) is 12.5. The molecule has 2 aliphatic heterocycles. The molecule has 2 aromatic heterocycles. The zero-order valence-corrected chi connectivity index (χ0v) is 23.3. The van der Waals surface area contributed by atoms with E-state index < -0.39 is 0 Å². The number of aromatic nitrogens is 2. The number of likely N-dealkylation sites (N-methyl/N-ethyl adjacent to an activating group) is 1. The molecule has 3 amide bonds. The molecule has 0 radical (unpaired) electrons. The molecule has 1 unspecified atom stereocenters. The number of aryl methyl sites for hydroxylation is 2. The van der Waals surface area contributed by atoms with Gasteiger partial charge in [-0.1, -0.05) is 6.92 Å². The number of thioether (sulfide) groups is 1. The van der Waals surface area contributed by atoms with Gasteiger partial charge in [0.2, 0.25) is 11.8 Å². The molecule has 0 aliphatic carbocycles. The van der Waals surface area contributed by atoms with Gasteiger partial charge in [-0.3, -0.25) is 19.9 Å². The molecule has 11 heteroatoms. The Balaban J connectivity index is 1.52. The fourth-order valence-corrected chi connectivity index (χ4v) is 5.09. The minimum absolute atomic E-state index is 0.0803. The first kappa shape index (κ1) is 27.7. The first-order valence-electron chi connectivity index (χ1n) is 12.9. The normalized spacial score (nSPS) is 16.6. The summed E-state index contributed by atoms with van der Waals surface area (Å²) in [6.07, 6.45) is 6.83. The molecule has 202 valence electrons. The highest BCUT2D eigenvalue weighted by Gasteiger charge is 2.28. The van der Waals surface area contributed by atoms with Crippen LogP contribution >= 0.6 is 11.8 Å². The summed E-state index contributed by atoms with van der Waals surface area (Å²) in [7, 11) is 3.49. The molecule has 1 atom stereocenters. The van der Waals surface area contributed by atoms with Crippen LogP contribution in [0.25, 0.3) is 0 Å². The van der Waals surface area contributed by atoms with Crippen molar-refractivity contribution in [1.82, 2.24) is 19.8 Å². The predicted octanol–water partition coefficient (Wildman–Crippen LogP) is 3.30. The van der Waals surface area contributed by atoms with Crippen LogP contribution in [0.15, 0.2) is 18.3 Å². The molecule has 38 heavy (non-hydrogen) atoms. The number of urea groups is 1. The SMILES string of the molecule is COc1nc2c(cc1CN1CCN(C)CC1=O)CCCN2C(=O)Nc1cc(CCC(C)SC)c(C#N)cn1. The Bertz CT molecular complexity index is 1230. The van der Waals surface area contributed by atoms with Crippen LogP contribution in [-0.4, -0.2) is 83.5 Å². The second-order valence-corrected chi connectivity index (χ2v) is 11.1. The van der Waals surface area contributed by atoms with Crippen molar-refractivity contribution in [2.75, 3.05) is 56.8 Å². The molecule has 10 nitrogen and oxygen atoms in total. The highest BCUT2D eigenvalue weighted by atomic mass is 32.2. The topological polar surface area (TPSA) is 115 Å². The summed E-state index contributed by atoms with van der Waals surface area (Å²) in [5.41, 5.74) is 3.19. The quantitative estimate of drug-likeness (QED) is 0.546. The molecule has 0 saturated carbocycles. The Morgan fingerprint density at radius 2 is 2.11 bits per heavy atom. The summed E-state index contributed by atoms with van der Waals surface area (Å²) in [5.74, 6) is 1.46. The van der Waals surface area contributed by atoms with Crippen LogP contribution in [0.1, 0.15) is 42.0 Å². The Labute approximate surface area is 228 Å². The van der Waals surface area contributed by atoms with E-state index in [-0.39, 0.29) is 11.9 Å². The van der Waals surface area contributed by atoms with Crippen molar-refractivity contribution in [2.45, 2.75) is 44.4 Å². The van der Waals surface area contributed by atoms with Crippen LogP contribution in [0, 0.1) is 11.3 Å². The van der Waals surface area contributed by atoms with Crippen LogP contribution in [0.5, 0.6) is 5.88 Å². The smallest absolute Gasteiger partial charge is 0.328 e. The zero-order valence-electron chi connectivity index (χ0n) is 22.5. The zero-order chi connectivity index (χ0) is 27.2. The molecule has 1 fully saturated rings. The standard InChI is InChI=1S/C27H35N7O3S/c1-18(38-4)7-8-19-13-23(29-15-22(19)14-28)30-27(36)34-9-5-6-20-12-21(26(37-3)31-25(20)34)16-33-11-10-32(2)17-24(33)35/h12-13,15,18H,5-11,16-17H2,1-4H3,(H,29,30,36). The highest BCUT2D eigenvalue weighted by Crippen LogP contribution is 2.32. The minimum Gasteiger partial charge on any atom is -0.481 e. The first-order valence-corrected chi connectivity index (χ1v) is 14.1. The number of carbonyl (C=O) groups is 2. The molecule has 1 saturated heterocycles. The molecule has 4 rings (SSSR count). The number of nitrogens with zero attached hydrogens (tertiary/aromatic N) is 6. The number of fused-ring (bicyclic) bond motifs is 1. The maximum Gasteiger partial charge on any atom is 0.328 e. The number of amides is 3. The lowest BCUT2D eigenvalue weighted by atomic mass is 10.0. The number of piperazine rings is 1. The molecular weight excluding hydrogens is 502 g/mol. The van der Waals surface area contributed by atoms with E-state index >= 15 is 0 Å². The van der Waals surface area contributed by atoms with E-state index in [0.29, 0.717) is 54.5 Å². The lowest BCUT2D eigenvalue weighted by Crippen LogP contribution is -2.48. The molecule has 0 spiro atoms. The van der Waals surface area contributed by atoms with Crippen molar-refractivity contribution < 1.29 is 14.3 Å². The van der Waals surface area contributed by atoms with E-state index in [4.69, 9.17) is 9.72 Å². The average Bonchev–Trinajstić information content (AvgIpc) is 2.92. The number of nitriles is 1. The Kier molecular flexibility index (Phi) is 9.07. The summed E-state index contributed by atoms with van der Waals surface area (Å²) < 4.78 is 5.59. The molecule has 2 aromatic rings. The van der Waals surface area contributed by atoms with Gasteiger partial charge in [0, 0.05) is 36.6 Å². The van der Waals surface area contributed by atoms with Gasteiger partial charge < -0.3 is 9.64 Å². The van der Waals surface area contributed by atoms with Crippen molar-refractivity contribution in [3.05, 3.63) is 40.6 Å². The van der Waals surface area contributed by atoms with Gasteiger partial charge in [0.25, 0.3) is 0 Å². The number of rotatable bonds is 8. The average molecular weight is 538 g/mol. The molecule has 0 aromatic carbocycles. The van der Waals surface area contributed by atoms with Crippen LogP contribution in [0.4, 0.5) is 16.4 Å². The lowest BCUT2D eigenvalue weighted by Gasteiger charge is -2.33. The van der Waals surface area contributed by atoms with Gasteiger partial charge in [0.05, 0.1) is 25.8 Å². The third-order valence-corrected chi connectivity index (χ3v) is 8.12. The number of carbonyl (C=O) groups excluding carboxylic acids is 2. The number of hydrogen-bond donors (Lipinski definition) is 1. The van der Waals surface area contributed by atoms with E-state index in [2.05, 4.69) is 29.5 Å². The third kappa shape index (κ3) is 6.37. The van der Waals surface area contributed by atoms with Gasteiger partial charge in [-0.15, -0.1) is 0 Å². The highest BCUT2D eigenvalue weighted by molar-refractivity contribution is 7.99. The molecule has 1 N–H and O–H groups in total. The van der Waals surface area contributed by atoms with E-state index in [0.717, 1.165) is 48.9 Å². The van der Waals surface area contributed by atoms with Crippen molar-refractivity contribution in [2.24, 2.45) is 0 Å². The summed E-state index contributed by atoms with van der Waals surface area (Å²) in [6, 6.07) is 5.67. The van der Waals surface area contributed by atoms with Crippen molar-refractivity contribution in [1.29, 1.82) is 5.26 Å². The maximum absolute atomic E-state index is 13.4. The lowest BCUT2D eigenvalue weighted by molar-refractivity contribution is -0.136. The molecule has 2 aliphatic rings. The fourth-order valence-electron chi connectivity index (χ4n) is 4.74. The summed E-state index contributed by atoms with van der Waals surface area (Å²) in [4.78, 5) is 40.3. The Hall–Kier alpha value is -3.36. The Morgan fingerprint density at radius 1 is 1.29 bits per heavy atom.